The summed E-state index contributed by atoms with van der Waals surface area (Å²) < 4.78 is 9.01. The van der Waals surface area contributed by atoms with E-state index >= 15 is 0 Å². The minimum atomic E-state index is -0.231. The van der Waals surface area contributed by atoms with E-state index in [-0.39, 0.29) is 11.6 Å². The summed E-state index contributed by atoms with van der Waals surface area (Å²) in [5.74, 6) is 1.48. The van der Waals surface area contributed by atoms with Crippen LogP contribution in [0.2, 0.25) is 0 Å². The molecular weight excluding hydrogens is 460 g/mol. The van der Waals surface area contributed by atoms with Crippen molar-refractivity contribution in [1.29, 1.82) is 0 Å². The van der Waals surface area contributed by atoms with E-state index in [1.807, 2.05) is 73.7 Å². The summed E-state index contributed by atoms with van der Waals surface area (Å²) in [5, 5.41) is 0. The number of halogens is 1. The molecule has 6 heteroatoms. The van der Waals surface area contributed by atoms with Gasteiger partial charge in [-0.15, -0.1) is 0 Å². The lowest BCUT2D eigenvalue weighted by Crippen LogP contribution is -2.36. The molecule has 0 bridgehead atoms. The molecule has 1 unspecified atom stereocenters. The summed E-state index contributed by atoms with van der Waals surface area (Å²) >= 11 is 4.88. The molecule has 3 heterocycles. The summed E-state index contributed by atoms with van der Waals surface area (Å²) in [6.07, 6.45) is 3.85. The van der Waals surface area contributed by atoms with Gasteiger partial charge in [-0.25, -0.2) is 4.99 Å². The smallest absolute Gasteiger partial charge is 0.271 e. The van der Waals surface area contributed by atoms with E-state index in [0.717, 1.165) is 27.1 Å². The lowest BCUT2D eigenvalue weighted by Gasteiger charge is -2.19. The van der Waals surface area contributed by atoms with Crippen LogP contribution in [-0.2, 0) is 0 Å². The summed E-state index contributed by atoms with van der Waals surface area (Å²) in [5.41, 5.74) is 2.86. The van der Waals surface area contributed by atoms with E-state index in [9.17, 15) is 4.79 Å². The molecule has 1 atom stereocenters. The van der Waals surface area contributed by atoms with Crippen LogP contribution in [0.5, 0.6) is 0 Å². The Labute approximate surface area is 185 Å². The first-order valence-corrected chi connectivity index (χ1v) is 11.1. The number of furan rings is 1. The minimum absolute atomic E-state index is 0.0657. The number of nitrogens with zero attached hydrogens (tertiary/aromatic N) is 2. The average molecular weight is 477 g/mol. The third kappa shape index (κ3) is 3.53. The highest BCUT2D eigenvalue weighted by Gasteiger charge is 2.22. The van der Waals surface area contributed by atoms with Crippen molar-refractivity contribution in [2.45, 2.75) is 13.0 Å². The number of benzene rings is 2. The largest absolute Gasteiger partial charge is 0.462 e. The standard InChI is InChI=1S/C24H17BrN2O2S/c1-15-7-12-19(29-15)13-22-23(28)27-21(17-8-10-18(25)11-9-17)14-20(26-24(27)30-22)16-5-3-2-4-6-16/h2-14,21H,1H3. The maximum Gasteiger partial charge on any atom is 0.271 e. The molecule has 0 N–H and O–H groups in total. The van der Waals surface area contributed by atoms with Crippen LogP contribution in [0.15, 0.2) is 91.5 Å². The van der Waals surface area contributed by atoms with Crippen molar-refractivity contribution < 1.29 is 4.42 Å². The van der Waals surface area contributed by atoms with E-state index in [0.29, 0.717) is 15.1 Å². The van der Waals surface area contributed by atoms with Crippen LogP contribution in [0.25, 0.3) is 11.8 Å². The maximum absolute atomic E-state index is 13.3. The van der Waals surface area contributed by atoms with Gasteiger partial charge in [0.05, 0.1) is 16.3 Å². The van der Waals surface area contributed by atoms with Crippen LogP contribution in [0, 0.1) is 6.92 Å². The van der Waals surface area contributed by atoms with Gasteiger partial charge in [-0.05, 0) is 48.4 Å². The Morgan fingerprint density at radius 2 is 1.83 bits per heavy atom. The predicted octanol–water partition coefficient (Wildman–Crippen LogP) is 4.67. The number of allylic oxidation sites excluding steroid dienone is 1. The van der Waals surface area contributed by atoms with Gasteiger partial charge in [0.15, 0.2) is 4.80 Å². The fourth-order valence-corrected chi connectivity index (χ4v) is 4.77. The Morgan fingerprint density at radius 3 is 2.53 bits per heavy atom. The van der Waals surface area contributed by atoms with Gasteiger partial charge < -0.3 is 4.42 Å². The van der Waals surface area contributed by atoms with Crippen LogP contribution < -0.4 is 14.9 Å². The third-order valence-corrected chi connectivity index (χ3v) is 6.47. The number of rotatable bonds is 3. The highest BCUT2D eigenvalue weighted by atomic mass is 79.9. The normalized spacial score (nSPS) is 16.1. The molecule has 1 aliphatic heterocycles. The molecule has 1 aliphatic rings. The molecule has 0 spiro atoms. The molecule has 0 fully saturated rings. The summed E-state index contributed by atoms with van der Waals surface area (Å²) in [4.78, 5) is 18.8. The van der Waals surface area contributed by atoms with Crippen molar-refractivity contribution >= 4 is 39.0 Å². The lowest BCUT2D eigenvalue weighted by molar-refractivity contribution is 0.524. The number of aryl methyl sites for hydroxylation is 1. The molecule has 30 heavy (non-hydrogen) atoms. The quantitative estimate of drug-likeness (QED) is 0.431. The highest BCUT2D eigenvalue weighted by molar-refractivity contribution is 9.10. The molecule has 0 saturated heterocycles. The van der Waals surface area contributed by atoms with Gasteiger partial charge in [0.2, 0.25) is 0 Å². The molecule has 0 saturated carbocycles. The molecule has 0 aliphatic carbocycles. The van der Waals surface area contributed by atoms with E-state index in [1.54, 1.807) is 10.6 Å². The number of hydrogen-bond donors (Lipinski definition) is 0. The summed E-state index contributed by atoms with van der Waals surface area (Å²) in [6.45, 7) is 1.89. The predicted molar refractivity (Wildman–Crippen MR) is 123 cm³/mol. The second-order valence-electron chi connectivity index (χ2n) is 7.04. The van der Waals surface area contributed by atoms with Gasteiger partial charge in [-0.2, -0.15) is 0 Å². The first kappa shape index (κ1) is 19.0. The summed E-state index contributed by atoms with van der Waals surface area (Å²) in [6, 6.07) is 21.6. The van der Waals surface area contributed by atoms with Gasteiger partial charge in [0.1, 0.15) is 11.5 Å². The van der Waals surface area contributed by atoms with E-state index in [1.165, 1.54) is 11.3 Å². The van der Waals surface area contributed by atoms with Crippen molar-refractivity contribution in [1.82, 2.24) is 4.57 Å². The monoisotopic (exact) mass is 476 g/mol. The fourth-order valence-electron chi connectivity index (χ4n) is 3.51. The van der Waals surface area contributed by atoms with Gasteiger partial charge in [0, 0.05) is 10.5 Å². The van der Waals surface area contributed by atoms with Crippen LogP contribution in [0.1, 0.15) is 28.7 Å². The Morgan fingerprint density at radius 1 is 1.07 bits per heavy atom. The zero-order chi connectivity index (χ0) is 20.7. The third-order valence-electron chi connectivity index (χ3n) is 4.96. The van der Waals surface area contributed by atoms with Gasteiger partial charge in [-0.1, -0.05) is 69.7 Å². The maximum atomic E-state index is 13.3. The van der Waals surface area contributed by atoms with Crippen molar-refractivity contribution in [3.63, 3.8) is 0 Å². The molecule has 148 valence electrons. The van der Waals surface area contributed by atoms with Crippen LogP contribution in [-0.4, -0.2) is 4.57 Å². The number of thiazole rings is 1. The SMILES string of the molecule is Cc1ccc(C=c2sc3n(c2=O)C(c2ccc(Br)cc2)C=C(c2ccccc2)N=3)o1. The van der Waals surface area contributed by atoms with E-state index < -0.39 is 0 Å². The number of fused-ring (bicyclic) bond motifs is 1. The minimum Gasteiger partial charge on any atom is -0.462 e. The molecule has 2 aromatic heterocycles. The molecule has 0 radical (unpaired) electrons. The average Bonchev–Trinajstić information content (AvgIpc) is 3.31. The Balaban J connectivity index is 1.73. The van der Waals surface area contributed by atoms with Gasteiger partial charge >= 0.3 is 0 Å². The molecule has 4 nitrogen and oxygen atoms in total. The van der Waals surface area contributed by atoms with Gasteiger partial charge in [0.25, 0.3) is 5.56 Å². The fraction of sp³-hybridized carbons (Fsp3) is 0.0833. The number of hydrogen-bond acceptors (Lipinski definition) is 4. The highest BCUT2D eigenvalue weighted by Crippen LogP contribution is 2.27. The molecule has 5 rings (SSSR count). The van der Waals surface area contributed by atoms with Crippen LogP contribution >= 0.6 is 27.3 Å². The molecule has 2 aromatic carbocycles. The lowest BCUT2D eigenvalue weighted by atomic mass is 10.0. The van der Waals surface area contributed by atoms with Crippen molar-refractivity contribution in [2.24, 2.45) is 4.99 Å². The van der Waals surface area contributed by atoms with Crippen LogP contribution in [0.3, 0.4) is 0 Å². The van der Waals surface area contributed by atoms with Crippen molar-refractivity contribution in [3.8, 4) is 0 Å². The van der Waals surface area contributed by atoms with Crippen molar-refractivity contribution in [3.05, 3.63) is 120 Å². The van der Waals surface area contributed by atoms with E-state index in [4.69, 9.17) is 9.41 Å². The zero-order valence-corrected chi connectivity index (χ0v) is 18.5. The summed E-state index contributed by atoms with van der Waals surface area (Å²) in [7, 11) is 0. The first-order chi connectivity index (χ1) is 14.6. The Kier molecular flexibility index (Phi) is 4.89. The topological polar surface area (TPSA) is 47.5 Å². The van der Waals surface area contributed by atoms with Gasteiger partial charge in [-0.3, -0.25) is 9.36 Å². The Hall–Kier alpha value is -2.96. The zero-order valence-electron chi connectivity index (χ0n) is 16.1. The number of aromatic nitrogens is 1. The van der Waals surface area contributed by atoms with Crippen LogP contribution in [0.4, 0.5) is 0 Å². The Bertz CT molecular complexity index is 1430. The molecular formula is C24H17BrN2O2S. The second-order valence-corrected chi connectivity index (χ2v) is 8.97. The second kappa shape index (κ2) is 7.70. The first-order valence-electron chi connectivity index (χ1n) is 9.49. The molecule has 0 amide bonds. The van der Waals surface area contributed by atoms with E-state index in [2.05, 4.69) is 22.0 Å². The van der Waals surface area contributed by atoms with Crippen molar-refractivity contribution in [2.75, 3.05) is 0 Å². The molecule has 4 aromatic rings.